The summed E-state index contributed by atoms with van der Waals surface area (Å²) in [6.07, 6.45) is -3.38. The van der Waals surface area contributed by atoms with Crippen molar-refractivity contribution in [1.29, 1.82) is 0 Å². The number of nitrogens with two attached hydrogens (primary N) is 1. The number of urea groups is 1. The molecule has 5 N–H and O–H groups in total. The molecular weight excluding hydrogens is 509 g/mol. The van der Waals surface area contributed by atoms with Crippen molar-refractivity contribution in [1.82, 2.24) is 10.3 Å². The fourth-order valence-electron chi connectivity index (χ4n) is 2.97. The van der Waals surface area contributed by atoms with Gasteiger partial charge in [0.05, 0.1) is 11.3 Å². The number of primary amides is 1. The van der Waals surface area contributed by atoms with Crippen LogP contribution in [-0.4, -0.2) is 33.6 Å². The number of halogens is 3. The number of benzene rings is 2. The molecule has 1 aromatic heterocycles. The fourth-order valence-corrected chi connectivity index (χ4v) is 2.97. The van der Waals surface area contributed by atoms with Gasteiger partial charge in [-0.1, -0.05) is 12.1 Å². The standard InChI is InChI=1S/C25H23F3N4O6/c1-24(2,22(29)35)38-20-8-5-15(25(26,27)28)11-18(20)32-23(36)31-13-14-3-6-16(7-4-14)37-17-9-10-30-19(12-17)21(33)34/h3-12H,13H2,1-2H3,(H2,29,35)(H,33,34)(H2,31,32,36). The van der Waals surface area contributed by atoms with Crippen molar-refractivity contribution in [2.45, 2.75) is 32.2 Å². The van der Waals surface area contributed by atoms with Crippen molar-refractivity contribution in [2.24, 2.45) is 5.73 Å². The molecule has 0 bridgehead atoms. The zero-order valence-electron chi connectivity index (χ0n) is 20.1. The monoisotopic (exact) mass is 532 g/mol. The van der Waals surface area contributed by atoms with Crippen LogP contribution >= 0.6 is 0 Å². The number of aromatic carboxylic acids is 1. The van der Waals surface area contributed by atoms with E-state index in [0.717, 1.165) is 12.1 Å². The minimum atomic E-state index is -4.68. The summed E-state index contributed by atoms with van der Waals surface area (Å²) in [5, 5.41) is 13.8. The summed E-state index contributed by atoms with van der Waals surface area (Å²) >= 11 is 0. The minimum absolute atomic E-state index is 0.00641. The number of rotatable bonds is 9. The summed E-state index contributed by atoms with van der Waals surface area (Å²) in [7, 11) is 0. The SMILES string of the molecule is CC(C)(Oc1ccc(C(F)(F)F)cc1NC(=O)NCc1ccc(Oc2ccnc(C(=O)O)c2)cc1)C(N)=O. The van der Waals surface area contributed by atoms with Crippen LogP contribution in [0.25, 0.3) is 0 Å². The van der Waals surface area contributed by atoms with Crippen molar-refractivity contribution in [3.8, 4) is 17.2 Å². The first-order chi connectivity index (χ1) is 17.7. The summed E-state index contributed by atoms with van der Waals surface area (Å²) in [4.78, 5) is 38.8. The van der Waals surface area contributed by atoms with E-state index >= 15 is 0 Å². The Bertz CT molecular complexity index is 1340. The number of aromatic nitrogens is 1. The van der Waals surface area contributed by atoms with Crippen molar-refractivity contribution in [2.75, 3.05) is 5.32 Å². The fraction of sp³-hybridized carbons (Fsp3) is 0.200. The molecule has 2 aromatic carbocycles. The van der Waals surface area contributed by atoms with E-state index in [4.69, 9.17) is 20.3 Å². The molecule has 3 rings (SSSR count). The van der Waals surface area contributed by atoms with Crippen LogP contribution in [0, 0.1) is 0 Å². The molecule has 13 heteroatoms. The molecular formula is C25H23F3N4O6. The van der Waals surface area contributed by atoms with Gasteiger partial charge in [-0.25, -0.2) is 14.6 Å². The number of hydrogen-bond acceptors (Lipinski definition) is 6. The molecule has 3 aromatic rings. The van der Waals surface area contributed by atoms with Crippen molar-refractivity contribution in [3.05, 3.63) is 77.6 Å². The van der Waals surface area contributed by atoms with Crippen LogP contribution in [0.3, 0.4) is 0 Å². The molecule has 0 spiro atoms. The maximum Gasteiger partial charge on any atom is 0.416 e. The molecule has 0 saturated heterocycles. The third-order valence-corrected chi connectivity index (χ3v) is 5.08. The van der Waals surface area contributed by atoms with Gasteiger partial charge in [0.25, 0.3) is 5.91 Å². The third-order valence-electron chi connectivity index (χ3n) is 5.08. The molecule has 0 radical (unpaired) electrons. The van der Waals surface area contributed by atoms with E-state index in [1.54, 1.807) is 24.3 Å². The van der Waals surface area contributed by atoms with Crippen LogP contribution in [0.4, 0.5) is 23.7 Å². The number of carboxylic acids is 1. The Labute approximate surface area is 214 Å². The van der Waals surface area contributed by atoms with Crippen LogP contribution in [0.5, 0.6) is 17.2 Å². The lowest BCUT2D eigenvalue weighted by Gasteiger charge is -2.25. The van der Waals surface area contributed by atoms with E-state index in [9.17, 15) is 27.6 Å². The summed E-state index contributed by atoms with van der Waals surface area (Å²) in [5.41, 5.74) is 2.83. The zero-order valence-corrected chi connectivity index (χ0v) is 20.1. The van der Waals surface area contributed by atoms with Crippen LogP contribution in [0.2, 0.25) is 0 Å². The predicted octanol–water partition coefficient (Wildman–Crippen LogP) is 4.56. The van der Waals surface area contributed by atoms with Gasteiger partial charge in [0.2, 0.25) is 0 Å². The van der Waals surface area contributed by atoms with E-state index in [0.29, 0.717) is 17.4 Å². The molecule has 0 aliphatic carbocycles. The number of amides is 3. The highest BCUT2D eigenvalue weighted by Crippen LogP contribution is 2.36. The lowest BCUT2D eigenvalue weighted by Crippen LogP contribution is -2.43. The average Bonchev–Trinajstić information content (AvgIpc) is 2.84. The Hall–Kier alpha value is -4.81. The van der Waals surface area contributed by atoms with E-state index in [-0.39, 0.29) is 29.4 Å². The first-order valence-electron chi connectivity index (χ1n) is 11.0. The Kier molecular flexibility index (Phi) is 8.09. The van der Waals surface area contributed by atoms with Gasteiger partial charge >= 0.3 is 18.2 Å². The molecule has 3 amide bonds. The van der Waals surface area contributed by atoms with Gasteiger partial charge in [-0.2, -0.15) is 13.2 Å². The molecule has 0 unspecified atom stereocenters. The van der Waals surface area contributed by atoms with E-state index in [1.807, 2.05) is 0 Å². The Morgan fingerprint density at radius 2 is 1.68 bits per heavy atom. The molecule has 0 fully saturated rings. The molecule has 0 saturated carbocycles. The van der Waals surface area contributed by atoms with Crippen LogP contribution in [0.1, 0.15) is 35.5 Å². The average molecular weight is 532 g/mol. The first kappa shape index (κ1) is 27.8. The summed E-state index contributed by atoms with van der Waals surface area (Å²) in [6.45, 7) is 2.68. The number of nitrogens with zero attached hydrogens (tertiary/aromatic N) is 1. The number of carboxylic acid groups (broad SMARTS) is 1. The van der Waals surface area contributed by atoms with Crippen molar-refractivity contribution < 1.29 is 42.1 Å². The largest absolute Gasteiger partial charge is 0.477 e. The molecule has 10 nitrogen and oxygen atoms in total. The maximum atomic E-state index is 13.2. The lowest BCUT2D eigenvalue weighted by molar-refractivity contribution is -0.137. The van der Waals surface area contributed by atoms with Crippen molar-refractivity contribution in [3.63, 3.8) is 0 Å². The van der Waals surface area contributed by atoms with E-state index < -0.39 is 35.2 Å². The second-order valence-electron chi connectivity index (χ2n) is 8.42. The van der Waals surface area contributed by atoms with Gasteiger partial charge in [-0.15, -0.1) is 0 Å². The Morgan fingerprint density at radius 1 is 1.00 bits per heavy atom. The number of carbonyl (C=O) groups excluding carboxylic acids is 2. The van der Waals surface area contributed by atoms with Crippen LogP contribution in [0.15, 0.2) is 60.8 Å². The number of nitrogens with one attached hydrogen (secondary N) is 2. The van der Waals surface area contributed by atoms with Gasteiger partial charge in [0.1, 0.15) is 17.2 Å². The lowest BCUT2D eigenvalue weighted by atomic mass is 10.1. The summed E-state index contributed by atoms with van der Waals surface area (Å²) < 4.78 is 50.7. The number of alkyl halides is 3. The molecule has 0 aliphatic heterocycles. The zero-order chi connectivity index (χ0) is 28.1. The first-order valence-corrected chi connectivity index (χ1v) is 11.0. The number of carbonyl (C=O) groups is 3. The topological polar surface area (TPSA) is 153 Å². The molecule has 38 heavy (non-hydrogen) atoms. The Morgan fingerprint density at radius 3 is 2.29 bits per heavy atom. The number of anilines is 1. The number of hydrogen-bond donors (Lipinski definition) is 4. The molecule has 0 atom stereocenters. The maximum absolute atomic E-state index is 13.2. The molecule has 1 heterocycles. The van der Waals surface area contributed by atoms with Gasteiger partial charge < -0.3 is 30.9 Å². The van der Waals surface area contributed by atoms with Crippen LogP contribution in [-0.2, 0) is 17.5 Å². The predicted molar refractivity (Wildman–Crippen MR) is 129 cm³/mol. The summed E-state index contributed by atoms with van der Waals surface area (Å²) in [6, 6.07) is 10.8. The van der Waals surface area contributed by atoms with E-state index in [2.05, 4.69) is 15.6 Å². The number of pyridine rings is 1. The van der Waals surface area contributed by atoms with Gasteiger partial charge in [-0.05, 0) is 55.8 Å². The van der Waals surface area contributed by atoms with Gasteiger partial charge in [0, 0.05) is 18.8 Å². The quantitative estimate of drug-likeness (QED) is 0.315. The third kappa shape index (κ3) is 7.35. The van der Waals surface area contributed by atoms with Crippen molar-refractivity contribution >= 4 is 23.6 Å². The summed E-state index contributed by atoms with van der Waals surface area (Å²) in [5.74, 6) is -1.58. The Balaban J connectivity index is 1.67. The minimum Gasteiger partial charge on any atom is -0.477 e. The highest BCUT2D eigenvalue weighted by Gasteiger charge is 2.33. The smallest absolute Gasteiger partial charge is 0.416 e. The molecule has 200 valence electrons. The van der Waals surface area contributed by atoms with Gasteiger partial charge in [0.15, 0.2) is 11.3 Å². The number of ether oxygens (including phenoxy) is 2. The second-order valence-corrected chi connectivity index (χ2v) is 8.42. The van der Waals surface area contributed by atoms with Crippen LogP contribution < -0.4 is 25.8 Å². The highest BCUT2D eigenvalue weighted by atomic mass is 19.4. The normalized spacial score (nSPS) is 11.4. The highest BCUT2D eigenvalue weighted by molar-refractivity contribution is 5.91. The van der Waals surface area contributed by atoms with Gasteiger partial charge in [-0.3, -0.25) is 4.79 Å². The second kappa shape index (κ2) is 11.1. The molecule has 0 aliphatic rings. The van der Waals surface area contributed by atoms with E-state index in [1.165, 1.54) is 32.2 Å².